The fourth-order valence-electron chi connectivity index (χ4n) is 0.578. The molecule has 0 amide bonds. The summed E-state index contributed by atoms with van der Waals surface area (Å²) in [5.41, 5.74) is 0. The summed E-state index contributed by atoms with van der Waals surface area (Å²) < 4.78 is 4.40. The molecule has 3 heteroatoms. The molecular weight excluding hydrogens is 132 g/mol. The third kappa shape index (κ3) is 5.28. The minimum Gasteiger partial charge on any atom is -0.468 e. The van der Waals surface area contributed by atoms with Crippen LogP contribution in [0, 0.1) is 0 Å². The Bertz CT molecular complexity index is 109. The molecule has 0 saturated heterocycles. The SMILES string of the molecule is CCC(=O)CCCOC=O. The maximum absolute atomic E-state index is 10.6. The fraction of sp³-hybridized carbons (Fsp3) is 0.714. The lowest BCUT2D eigenvalue weighted by Gasteiger charge is -1.95. The fourth-order valence-corrected chi connectivity index (χ4v) is 0.578. The first-order valence-corrected chi connectivity index (χ1v) is 3.38. The molecule has 58 valence electrons. The van der Waals surface area contributed by atoms with Crippen LogP contribution < -0.4 is 0 Å². The van der Waals surface area contributed by atoms with Crippen LogP contribution in [-0.2, 0) is 14.3 Å². The van der Waals surface area contributed by atoms with Crippen molar-refractivity contribution < 1.29 is 14.3 Å². The molecule has 0 aliphatic rings. The zero-order valence-electron chi connectivity index (χ0n) is 6.13. The Morgan fingerprint density at radius 3 is 2.80 bits per heavy atom. The molecule has 0 unspecified atom stereocenters. The van der Waals surface area contributed by atoms with Crippen LogP contribution in [0.1, 0.15) is 26.2 Å². The highest BCUT2D eigenvalue weighted by atomic mass is 16.5. The van der Waals surface area contributed by atoms with Gasteiger partial charge in [-0.1, -0.05) is 6.92 Å². The second kappa shape index (κ2) is 6.26. The molecule has 0 aromatic heterocycles. The van der Waals surface area contributed by atoms with Crippen LogP contribution in [0.3, 0.4) is 0 Å². The van der Waals surface area contributed by atoms with Crippen molar-refractivity contribution in [2.24, 2.45) is 0 Å². The van der Waals surface area contributed by atoms with Crippen molar-refractivity contribution in [3.63, 3.8) is 0 Å². The molecule has 0 N–H and O–H groups in total. The predicted octanol–water partition coefficient (Wildman–Crippen LogP) is 0.919. The molecule has 0 bridgehead atoms. The molecule has 0 radical (unpaired) electrons. The van der Waals surface area contributed by atoms with Crippen molar-refractivity contribution in [1.82, 2.24) is 0 Å². The van der Waals surface area contributed by atoms with Gasteiger partial charge in [0.1, 0.15) is 5.78 Å². The minimum absolute atomic E-state index is 0.217. The average molecular weight is 144 g/mol. The van der Waals surface area contributed by atoms with Crippen molar-refractivity contribution >= 4 is 12.3 Å². The van der Waals surface area contributed by atoms with Crippen LogP contribution in [-0.4, -0.2) is 18.9 Å². The summed E-state index contributed by atoms with van der Waals surface area (Å²) in [6.45, 7) is 2.58. The quantitative estimate of drug-likeness (QED) is 0.411. The van der Waals surface area contributed by atoms with Gasteiger partial charge in [0.05, 0.1) is 6.61 Å². The zero-order chi connectivity index (χ0) is 7.82. The topological polar surface area (TPSA) is 43.4 Å². The van der Waals surface area contributed by atoms with E-state index < -0.39 is 0 Å². The van der Waals surface area contributed by atoms with Crippen molar-refractivity contribution in [3.05, 3.63) is 0 Å². The van der Waals surface area contributed by atoms with Crippen LogP contribution in [0.25, 0.3) is 0 Å². The highest BCUT2D eigenvalue weighted by Gasteiger charge is 1.96. The number of rotatable bonds is 6. The lowest BCUT2D eigenvalue weighted by molar-refractivity contribution is -0.129. The van der Waals surface area contributed by atoms with Gasteiger partial charge in [-0.3, -0.25) is 9.59 Å². The van der Waals surface area contributed by atoms with E-state index in [1.165, 1.54) is 0 Å². The summed E-state index contributed by atoms with van der Waals surface area (Å²) in [4.78, 5) is 20.2. The van der Waals surface area contributed by atoms with E-state index in [0.29, 0.717) is 32.3 Å². The van der Waals surface area contributed by atoms with E-state index >= 15 is 0 Å². The Hall–Kier alpha value is -0.860. The van der Waals surface area contributed by atoms with E-state index in [1.807, 2.05) is 6.92 Å². The van der Waals surface area contributed by atoms with Crippen molar-refractivity contribution in [1.29, 1.82) is 0 Å². The van der Waals surface area contributed by atoms with Crippen molar-refractivity contribution in [2.75, 3.05) is 6.61 Å². The van der Waals surface area contributed by atoms with Gasteiger partial charge in [-0.25, -0.2) is 0 Å². The molecule has 0 heterocycles. The number of hydrogen-bond donors (Lipinski definition) is 0. The summed E-state index contributed by atoms with van der Waals surface area (Å²) in [7, 11) is 0. The normalized spacial score (nSPS) is 8.90. The lowest BCUT2D eigenvalue weighted by atomic mass is 10.2. The Morgan fingerprint density at radius 2 is 2.30 bits per heavy atom. The first-order valence-electron chi connectivity index (χ1n) is 3.38. The summed E-state index contributed by atoms with van der Waals surface area (Å²) in [5, 5.41) is 0. The maximum Gasteiger partial charge on any atom is 0.293 e. The van der Waals surface area contributed by atoms with Crippen molar-refractivity contribution in [2.45, 2.75) is 26.2 Å². The first-order chi connectivity index (χ1) is 4.81. The summed E-state index contributed by atoms with van der Waals surface area (Å²) in [5.74, 6) is 0.217. The van der Waals surface area contributed by atoms with E-state index in [2.05, 4.69) is 4.74 Å². The maximum atomic E-state index is 10.6. The highest BCUT2D eigenvalue weighted by Crippen LogP contribution is 1.93. The van der Waals surface area contributed by atoms with Gasteiger partial charge in [0.15, 0.2) is 0 Å². The van der Waals surface area contributed by atoms with E-state index in [4.69, 9.17) is 0 Å². The van der Waals surface area contributed by atoms with Crippen LogP contribution >= 0.6 is 0 Å². The van der Waals surface area contributed by atoms with Crippen molar-refractivity contribution in [3.8, 4) is 0 Å². The Labute approximate surface area is 60.4 Å². The number of ether oxygens (including phenoxy) is 1. The van der Waals surface area contributed by atoms with Gasteiger partial charge in [-0.05, 0) is 6.42 Å². The largest absolute Gasteiger partial charge is 0.468 e. The number of Topliss-reactive ketones (excluding diaryl/α,β-unsaturated/α-hetero) is 1. The number of carbonyl (C=O) groups excluding carboxylic acids is 2. The molecule has 3 nitrogen and oxygen atoms in total. The second-order valence-corrected chi connectivity index (χ2v) is 1.96. The van der Waals surface area contributed by atoms with Gasteiger partial charge in [-0.2, -0.15) is 0 Å². The highest BCUT2D eigenvalue weighted by molar-refractivity contribution is 5.77. The third-order valence-electron chi connectivity index (χ3n) is 1.18. The van der Waals surface area contributed by atoms with E-state index in [-0.39, 0.29) is 5.78 Å². The standard InChI is InChI=1S/C7H12O3/c1-2-7(9)4-3-5-10-6-8/h6H,2-5H2,1H3. The molecule has 10 heavy (non-hydrogen) atoms. The Morgan fingerprint density at radius 1 is 1.60 bits per heavy atom. The van der Waals surface area contributed by atoms with E-state index in [9.17, 15) is 9.59 Å². The minimum atomic E-state index is 0.217. The summed E-state index contributed by atoms with van der Waals surface area (Å²) >= 11 is 0. The Kier molecular flexibility index (Phi) is 5.72. The lowest BCUT2D eigenvalue weighted by Crippen LogP contribution is -1.98. The second-order valence-electron chi connectivity index (χ2n) is 1.96. The number of ketones is 1. The van der Waals surface area contributed by atoms with E-state index in [0.717, 1.165) is 0 Å². The monoisotopic (exact) mass is 144 g/mol. The molecule has 0 spiro atoms. The van der Waals surface area contributed by atoms with E-state index in [1.54, 1.807) is 0 Å². The van der Waals surface area contributed by atoms with Gasteiger partial charge >= 0.3 is 0 Å². The van der Waals surface area contributed by atoms with Gasteiger partial charge in [0.25, 0.3) is 6.47 Å². The van der Waals surface area contributed by atoms with Crippen LogP contribution in [0.5, 0.6) is 0 Å². The molecule has 0 rings (SSSR count). The zero-order valence-corrected chi connectivity index (χ0v) is 6.13. The molecule has 0 aliphatic carbocycles. The summed E-state index contributed by atoms with van der Waals surface area (Å²) in [6, 6.07) is 0. The van der Waals surface area contributed by atoms with Gasteiger partial charge in [-0.15, -0.1) is 0 Å². The first kappa shape index (κ1) is 9.14. The summed E-state index contributed by atoms with van der Waals surface area (Å²) in [6.07, 6.45) is 1.73. The smallest absolute Gasteiger partial charge is 0.293 e. The van der Waals surface area contributed by atoms with Crippen LogP contribution in [0.4, 0.5) is 0 Å². The molecule has 0 aromatic rings. The van der Waals surface area contributed by atoms with Gasteiger partial charge in [0, 0.05) is 12.8 Å². The molecule has 0 fully saturated rings. The Balaban J connectivity index is 3.03. The van der Waals surface area contributed by atoms with Crippen LogP contribution in [0.15, 0.2) is 0 Å². The van der Waals surface area contributed by atoms with Crippen LogP contribution in [0.2, 0.25) is 0 Å². The van der Waals surface area contributed by atoms with Gasteiger partial charge < -0.3 is 4.74 Å². The molecule has 0 atom stereocenters. The third-order valence-corrected chi connectivity index (χ3v) is 1.18. The molecule has 0 aliphatic heterocycles. The molecule has 0 saturated carbocycles. The van der Waals surface area contributed by atoms with Gasteiger partial charge in [0.2, 0.25) is 0 Å². The predicted molar refractivity (Wildman–Crippen MR) is 36.5 cm³/mol. The molecular formula is C7H12O3. The number of carbonyl (C=O) groups is 2. The number of hydrogen-bond acceptors (Lipinski definition) is 3. The molecule has 0 aromatic carbocycles. The average Bonchev–Trinajstić information content (AvgIpc) is 1.98.